The first-order valence-corrected chi connectivity index (χ1v) is 12.5. The van der Waals surface area contributed by atoms with Crippen molar-refractivity contribution in [1.82, 2.24) is 20.1 Å². The fourth-order valence-corrected chi connectivity index (χ4v) is 5.38. The molecule has 0 saturated carbocycles. The molecule has 1 aliphatic rings. The molecular formula is C26H24FN5O3S. The van der Waals surface area contributed by atoms with E-state index in [1.807, 2.05) is 6.92 Å². The van der Waals surface area contributed by atoms with Gasteiger partial charge in [0, 0.05) is 23.9 Å². The molecule has 184 valence electrons. The molecule has 2 N–H and O–H groups in total. The van der Waals surface area contributed by atoms with Crippen LogP contribution < -0.4 is 5.73 Å². The van der Waals surface area contributed by atoms with E-state index in [0.717, 1.165) is 12.0 Å². The first kappa shape index (κ1) is 23.8. The van der Waals surface area contributed by atoms with Crippen LogP contribution >= 0.6 is 11.3 Å². The van der Waals surface area contributed by atoms with Crippen LogP contribution in [0.5, 0.6) is 0 Å². The number of nitrogens with zero attached hydrogens (tertiary/aromatic N) is 4. The SMILES string of the molecule is CCCN1Cc2nc(CCc3ccc(F)cc3)c(-c3nnc(C)o3)c(-c3ccc(C(N)=O)s3)c2C1=O. The van der Waals surface area contributed by atoms with E-state index in [1.165, 1.54) is 23.5 Å². The van der Waals surface area contributed by atoms with E-state index in [2.05, 4.69) is 10.2 Å². The van der Waals surface area contributed by atoms with Crippen molar-refractivity contribution < 1.29 is 18.4 Å². The van der Waals surface area contributed by atoms with Crippen LogP contribution in [-0.4, -0.2) is 38.4 Å². The monoisotopic (exact) mass is 505 g/mol. The van der Waals surface area contributed by atoms with Gasteiger partial charge in [-0.05, 0) is 49.1 Å². The molecule has 2 amide bonds. The maximum Gasteiger partial charge on any atom is 0.258 e. The maximum atomic E-state index is 13.5. The average Bonchev–Trinajstić information content (AvgIpc) is 3.58. The van der Waals surface area contributed by atoms with Gasteiger partial charge in [0.25, 0.3) is 11.8 Å². The summed E-state index contributed by atoms with van der Waals surface area (Å²) in [7, 11) is 0. The van der Waals surface area contributed by atoms with E-state index in [4.69, 9.17) is 15.1 Å². The zero-order valence-electron chi connectivity index (χ0n) is 19.9. The number of aromatic nitrogens is 3. The van der Waals surface area contributed by atoms with E-state index >= 15 is 0 Å². The van der Waals surface area contributed by atoms with Crippen molar-refractivity contribution in [2.45, 2.75) is 39.7 Å². The fourth-order valence-electron chi connectivity index (χ4n) is 4.47. The predicted octanol–water partition coefficient (Wildman–Crippen LogP) is 4.56. The Balaban J connectivity index is 1.71. The third kappa shape index (κ3) is 4.39. The average molecular weight is 506 g/mol. The summed E-state index contributed by atoms with van der Waals surface area (Å²) in [5.41, 5.74) is 9.52. The van der Waals surface area contributed by atoms with E-state index in [1.54, 1.807) is 36.1 Å². The first-order chi connectivity index (χ1) is 17.4. The Morgan fingerprint density at radius 3 is 2.53 bits per heavy atom. The Bertz CT molecular complexity index is 1460. The molecule has 5 rings (SSSR count). The molecule has 0 radical (unpaired) electrons. The summed E-state index contributed by atoms with van der Waals surface area (Å²) in [5.74, 6) is -0.323. The topological polar surface area (TPSA) is 115 Å². The molecule has 3 aromatic heterocycles. The summed E-state index contributed by atoms with van der Waals surface area (Å²) in [5, 5.41) is 8.26. The van der Waals surface area contributed by atoms with Crippen molar-refractivity contribution in [1.29, 1.82) is 0 Å². The molecule has 0 fully saturated rings. The molecule has 4 aromatic rings. The largest absolute Gasteiger partial charge is 0.421 e. The number of rotatable bonds is 8. The summed E-state index contributed by atoms with van der Waals surface area (Å²) in [6, 6.07) is 9.77. The summed E-state index contributed by atoms with van der Waals surface area (Å²) >= 11 is 1.21. The fraction of sp³-hybridized carbons (Fsp3) is 0.269. The molecule has 1 aliphatic heterocycles. The number of carbonyl (C=O) groups excluding carboxylic acids is 2. The molecule has 0 bridgehead atoms. The molecule has 0 aliphatic carbocycles. The highest BCUT2D eigenvalue weighted by molar-refractivity contribution is 7.17. The second-order valence-corrected chi connectivity index (χ2v) is 9.72. The zero-order chi connectivity index (χ0) is 25.4. The third-order valence-electron chi connectivity index (χ3n) is 6.08. The second kappa shape index (κ2) is 9.62. The minimum absolute atomic E-state index is 0.119. The number of aryl methyl sites for hydroxylation is 3. The lowest BCUT2D eigenvalue weighted by Crippen LogP contribution is -2.24. The van der Waals surface area contributed by atoms with Crippen LogP contribution in [0, 0.1) is 12.7 Å². The smallest absolute Gasteiger partial charge is 0.258 e. The standard InChI is InChI=1S/C26H24FN5O3S/c1-3-12-32-13-18-22(26(32)34)23(19-10-11-20(36-19)24(28)33)21(25-31-30-14(2)35-25)17(29-18)9-6-15-4-7-16(27)8-5-15/h4-5,7-8,10-11H,3,6,9,12-13H2,1-2H3,(H2,28,33). The van der Waals surface area contributed by atoms with Gasteiger partial charge in [0.1, 0.15) is 5.82 Å². The van der Waals surface area contributed by atoms with Crippen molar-refractivity contribution >= 4 is 23.2 Å². The first-order valence-electron chi connectivity index (χ1n) is 11.7. The van der Waals surface area contributed by atoms with E-state index in [0.29, 0.717) is 69.7 Å². The minimum Gasteiger partial charge on any atom is -0.421 e. The van der Waals surface area contributed by atoms with Crippen molar-refractivity contribution in [3.05, 3.63) is 75.5 Å². The molecule has 0 unspecified atom stereocenters. The Kier molecular flexibility index (Phi) is 6.36. The molecule has 36 heavy (non-hydrogen) atoms. The number of primary amides is 1. The van der Waals surface area contributed by atoms with E-state index in [9.17, 15) is 14.0 Å². The van der Waals surface area contributed by atoms with Crippen molar-refractivity contribution in [3.63, 3.8) is 0 Å². The van der Waals surface area contributed by atoms with Crippen LogP contribution in [0.3, 0.4) is 0 Å². The lowest BCUT2D eigenvalue weighted by molar-refractivity contribution is 0.0778. The van der Waals surface area contributed by atoms with Gasteiger partial charge >= 0.3 is 0 Å². The van der Waals surface area contributed by atoms with Crippen LogP contribution in [0.2, 0.25) is 0 Å². The molecule has 1 aromatic carbocycles. The van der Waals surface area contributed by atoms with Gasteiger partial charge < -0.3 is 15.1 Å². The van der Waals surface area contributed by atoms with Gasteiger partial charge in [-0.15, -0.1) is 21.5 Å². The Morgan fingerprint density at radius 2 is 1.89 bits per heavy atom. The normalized spacial score (nSPS) is 12.9. The number of halogens is 1. The zero-order valence-corrected chi connectivity index (χ0v) is 20.7. The number of pyridine rings is 1. The predicted molar refractivity (Wildman–Crippen MR) is 133 cm³/mol. The molecule has 10 heteroatoms. The molecular weight excluding hydrogens is 481 g/mol. The lowest BCUT2D eigenvalue weighted by Gasteiger charge is -2.15. The minimum atomic E-state index is -0.539. The van der Waals surface area contributed by atoms with Gasteiger partial charge in [0.05, 0.1) is 33.9 Å². The Morgan fingerprint density at radius 1 is 1.11 bits per heavy atom. The van der Waals surface area contributed by atoms with Gasteiger partial charge in [-0.3, -0.25) is 14.6 Å². The van der Waals surface area contributed by atoms with Gasteiger partial charge in [-0.1, -0.05) is 19.1 Å². The molecule has 0 saturated heterocycles. The number of thiophene rings is 1. The van der Waals surface area contributed by atoms with Gasteiger partial charge in [0.2, 0.25) is 11.8 Å². The number of hydrogen-bond donors (Lipinski definition) is 1. The quantitative estimate of drug-likeness (QED) is 0.375. The second-order valence-electron chi connectivity index (χ2n) is 8.64. The third-order valence-corrected chi connectivity index (χ3v) is 7.20. The van der Waals surface area contributed by atoms with Crippen molar-refractivity contribution in [2.24, 2.45) is 5.73 Å². The highest BCUT2D eigenvalue weighted by atomic mass is 32.1. The molecule has 4 heterocycles. The summed E-state index contributed by atoms with van der Waals surface area (Å²) < 4.78 is 19.3. The summed E-state index contributed by atoms with van der Waals surface area (Å²) in [6.07, 6.45) is 1.90. The summed E-state index contributed by atoms with van der Waals surface area (Å²) in [4.78, 5) is 33.2. The number of nitrogens with two attached hydrogens (primary N) is 1. The number of hydrogen-bond acceptors (Lipinski definition) is 7. The maximum absolute atomic E-state index is 13.5. The van der Waals surface area contributed by atoms with Crippen molar-refractivity contribution in [3.8, 4) is 21.9 Å². The number of amides is 2. The highest BCUT2D eigenvalue weighted by Gasteiger charge is 2.36. The number of fused-ring (bicyclic) bond motifs is 1. The van der Waals surface area contributed by atoms with Gasteiger partial charge in [0.15, 0.2) is 0 Å². The number of benzene rings is 1. The Labute approximate surface area is 211 Å². The lowest BCUT2D eigenvalue weighted by atomic mass is 9.94. The van der Waals surface area contributed by atoms with Crippen LogP contribution in [0.1, 0.15) is 56.2 Å². The van der Waals surface area contributed by atoms with E-state index < -0.39 is 5.91 Å². The molecule has 0 spiro atoms. The van der Waals surface area contributed by atoms with Gasteiger partial charge in [-0.25, -0.2) is 4.39 Å². The van der Waals surface area contributed by atoms with Crippen LogP contribution in [0.15, 0.2) is 40.8 Å². The summed E-state index contributed by atoms with van der Waals surface area (Å²) in [6.45, 7) is 4.71. The number of carbonyl (C=O) groups is 2. The van der Waals surface area contributed by atoms with E-state index in [-0.39, 0.29) is 17.6 Å². The van der Waals surface area contributed by atoms with Crippen molar-refractivity contribution in [2.75, 3.05) is 6.54 Å². The van der Waals surface area contributed by atoms with Gasteiger partial charge in [-0.2, -0.15) is 0 Å². The van der Waals surface area contributed by atoms with Crippen LogP contribution in [0.25, 0.3) is 21.9 Å². The van der Waals surface area contributed by atoms with Crippen LogP contribution in [-0.2, 0) is 19.4 Å². The molecule has 8 nitrogen and oxygen atoms in total. The highest BCUT2D eigenvalue weighted by Crippen LogP contribution is 2.43. The molecule has 0 atom stereocenters. The van der Waals surface area contributed by atoms with Crippen LogP contribution in [0.4, 0.5) is 4.39 Å². The Hall–Kier alpha value is -3.92.